The Labute approximate surface area is 79.2 Å². The van der Waals surface area contributed by atoms with Crippen LogP contribution in [0.1, 0.15) is 6.42 Å². The minimum atomic E-state index is -4.36. The molecule has 1 unspecified atom stereocenters. The zero-order valence-corrected chi connectivity index (χ0v) is 7.96. The molecule has 0 spiro atoms. The number of oxime groups is 1. The van der Waals surface area contributed by atoms with Gasteiger partial charge in [0.2, 0.25) is 0 Å². The predicted octanol–water partition coefficient (Wildman–Crippen LogP) is -1.20. The van der Waals surface area contributed by atoms with Gasteiger partial charge in [-0.05, 0) is 0 Å². The van der Waals surface area contributed by atoms with Crippen molar-refractivity contribution in [3.05, 3.63) is 0 Å². The summed E-state index contributed by atoms with van der Waals surface area (Å²) in [5.74, 6) is -1.34. The quantitative estimate of drug-likeness (QED) is 0.170. The molecule has 0 bridgehead atoms. The van der Waals surface area contributed by atoms with Gasteiger partial charge in [-0.1, -0.05) is 5.16 Å². The highest BCUT2D eigenvalue weighted by molar-refractivity contribution is 7.52. The summed E-state index contributed by atoms with van der Waals surface area (Å²) in [6.07, 6.45) is -1.21. The van der Waals surface area contributed by atoms with Crippen molar-refractivity contribution in [3.63, 3.8) is 0 Å². The molecular formula is C5H11N2O6P. The molecule has 6 N–H and O–H groups in total. The summed E-state index contributed by atoms with van der Waals surface area (Å²) in [5, 5.41) is 19.3. The van der Waals surface area contributed by atoms with Gasteiger partial charge in [-0.15, -0.1) is 0 Å². The second-order valence-electron chi connectivity index (χ2n) is 2.64. The molecule has 0 aliphatic rings. The van der Waals surface area contributed by atoms with E-state index in [0.717, 1.165) is 0 Å². The molecule has 8 nitrogen and oxygen atoms in total. The van der Waals surface area contributed by atoms with E-state index in [1.54, 1.807) is 0 Å². The number of nitrogens with zero attached hydrogens (tertiary/aromatic N) is 1. The first kappa shape index (κ1) is 13.1. The van der Waals surface area contributed by atoms with Crippen molar-refractivity contribution in [2.24, 2.45) is 10.9 Å². The van der Waals surface area contributed by atoms with Crippen LogP contribution in [0.5, 0.6) is 0 Å². The fraction of sp³-hybridized carbons (Fsp3) is 0.600. The Morgan fingerprint density at radius 1 is 1.50 bits per heavy atom. The van der Waals surface area contributed by atoms with Crippen molar-refractivity contribution in [1.29, 1.82) is 0 Å². The smallest absolute Gasteiger partial charge is 0.331 e. The monoisotopic (exact) mass is 226 g/mol. The number of hydrogen-bond acceptors (Lipinski definition) is 5. The van der Waals surface area contributed by atoms with E-state index in [0.29, 0.717) is 0 Å². The Bertz CT molecular complexity index is 284. The van der Waals surface area contributed by atoms with Gasteiger partial charge in [0, 0.05) is 6.42 Å². The van der Waals surface area contributed by atoms with Crippen molar-refractivity contribution in [3.8, 4) is 0 Å². The van der Waals surface area contributed by atoms with Crippen LogP contribution in [0.25, 0.3) is 0 Å². The minimum absolute atomic E-state index is 0.340. The van der Waals surface area contributed by atoms with Gasteiger partial charge in [0.05, 0.1) is 11.9 Å². The summed E-state index contributed by atoms with van der Waals surface area (Å²) in [4.78, 5) is 27.3. The van der Waals surface area contributed by atoms with Gasteiger partial charge in [-0.25, -0.2) is 0 Å². The summed E-state index contributed by atoms with van der Waals surface area (Å²) < 4.78 is 10.5. The van der Waals surface area contributed by atoms with E-state index in [2.05, 4.69) is 5.16 Å². The topological polar surface area (TPSA) is 153 Å². The van der Waals surface area contributed by atoms with Crippen LogP contribution in [0, 0.1) is 0 Å². The van der Waals surface area contributed by atoms with Gasteiger partial charge in [0.25, 0.3) is 0 Å². The lowest BCUT2D eigenvalue weighted by Gasteiger charge is -2.08. The van der Waals surface area contributed by atoms with Crippen LogP contribution >= 0.6 is 7.60 Å². The number of nitrogens with two attached hydrogens (primary N) is 1. The maximum absolute atomic E-state index is 10.5. The summed E-state index contributed by atoms with van der Waals surface area (Å²) >= 11 is 0. The van der Waals surface area contributed by atoms with Crippen molar-refractivity contribution < 1.29 is 29.5 Å². The molecule has 0 aliphatic carbocycles. The van der Waals surface area contributed by atoms with E-state index in [4.69, 9.17) is 25.8 Å². The van der Waals surface area contributed by atoms with Crippen LogP contribution in [0.4, 0.5) is 0 Å². The van der Waals surface area contributed by atoms with E-state index in [1.807, 2.05) is 0 Å². The molecule has 0 heterocycles. The maximum Gasteiger partial charge on any atom is 0.331 e. The Morgan fingerprint density at radius 2 is 2.00 bits per heavy atom. The molecular weight excluding hydrogens is 215 g/mol. The number of aliphatic carboxylic acids is 1. The Kier molecular flexibility index (Phi) is 4.72. The predicted molar refractivity (Wildman–Crippen MR) is 46.4 cm³/mol. The number of carbonyl (C=O) groups is 1. The Morgan fingerprint density at radius 3 is 2.29 bits per heavy atom. The molecule has 0 saturated heterocycles. The van der Waals surface area contributed by atoms with Crippen LogP contribution in [-0.4, -0.2) is 44.0 Å². The zero-order valence-electron chi connectivity index (χ0n) is 7.07. The fourth-order valence-electron chi connectivity index (χ4n) is 0.716. The largest absolute Gasteiger partial charge is 0.480 e. The number of rotatable bonds is 5. The first-order valence-electron chi connectivity index (χ1n) is 3.49. The second kappa shape index (κ2) is 5.06. The first-order valence-corrected chi connectivity index (χ1v) is 5.29. The summed E-state index contributed by atoms with van der Waals surface area (Å²) in [6.45, 7) is 0. The Balaban J connectivity index is 4.34. The van der Waals surface area contributed by atoms with E-state index >= 15 is 0 Å². The lowest BCUT2D eigenvalue weighted by molar-refractivity contribution is -0.138. The third kappa shape index (κ3) is 5.65. The summed E-state index contributed by atoms with van der Waals surface area (Å²) in [7, 11) is -4.36. The zero-order chi connectivity index (χ0) is 11.4. The van der Waals surface area contributed by atoms with Crippen molar-refractivity contribution in [2.45, 2.75) is 12.5 Å². The van der Waals surface area contributed by atoms with Crippen LogP contribution < -0.4 is 5.73 Å². The second-order valence-corrected chi connectivity index (χ2v) is 4.28. The molecule has 0 saturated carbocycles. The van der Waals surface area contributed by atoms with Gasteiger partial charge >= 0.3 is 13.6 Å². The van der Waals surface area contributed by atoms with E-state index in [9.17, 15) is 9.36 Å². The first-order chi connectivity index (χ1) is 6.26. The minimum Gasteiger partial charge on any atom is -0.480 e. The van der Waals surface area contributed by atoms with E-state index in [1.165, 1.54) is 0 Å². The standard InChI is InChI=1S/C5H11N2O6P/c6-4(5(8)9)1-3(7-10)2-14(11,12)13/h4,10H,1-2,6H2,(H,8,9)(H2,11,12,13). The number of carboxylic acid groups (broad SMARTS) is 1. The summed E-state index contributed by atoms with van der Waals surface area (Å²) in [5.41, 5.74) is 4.73. The van der Waals surface area contributed by atoms with Crippen molar-refractivity contribution in [2.75, 3.05) is 6.16 Å². The lowest BCUT2D eigenvalue weighted by atomic mass is 10.1. The molecule has 14 heavy (non-hydrogen) atoms. The fourth-order valence-corrected chi connectivity index (χ4v) is 1.38. The van der Waals surface area contributed by atoms with Crippen LogP contribution in [-0.2, 0) is 9.36 Å². The highest BCUT2D eigenvalue weighted by Gasteiger charge is 2.22. The molecule has 9 heteroatoms. The van der Waals surface area contributed by atoms with Crippen molar-refractivity contribution >= 4 is 19.3 Å². The van der Waals surface area contributed by atoms with Crippen LogP contribution in [0.3, 0.4) is 0 Å². The SMILES string of the molecule is NC(CC(CP(=O)(O)O)=NO)C(=O)O. The molecule has 0 fully saturated rings. The number of hydrogen-bond donors (Lipinski definition) is 5. The molecule has 0 aromatic heterocycles. The van der Waals surface area contributed by atoms with Gasteiger partial charge in [0.1, 0.15) is 6.04 Å². The highest BCUT2D eigenvalue weighted by atomic mass is 31.2. The van der Waals surface area contributed by atoms with Crippen molar-refractivity contribution in [1.82, 2.24) is 0 Å². The molecule has 0 aliphatic heterocycles. The molecule has 1 atom stereocenters. The molecule has 0 aromatic rings. The average Bonchev–Trinajstić information content (AvgIpc) is 2.00. The molecule has 0 rings (SSSR count). The van der Waals surface area contributed by atoms with Gasteiger partial charge in [-0.3, -0.25) is 9.36 Å². The lowest BCUT2D eigenvalue weighted by Crippen LogP contribution is -2.33. The average molecular weight is 226 g/mol. The highest BCUT2D eigenvalue weighted by Crippen LogP contribution is 2.34. The molecule has 82 valence electrons. The number of carboxylic acids is 1. The van der Waals surface area contributed by atoms with Gasteiger partial charge in [0.15, 0.2) is 0 Å². The maximum atomic E-state index is 10.5. The molecule has 0 aromatic carbocycles. The van der Waals surface area contributed by atoms with Gasteiger partial charge in [-0.2, -0.15) is 0 Å². The molecule has 0 radical (unpaired) electrons. The summed E-state index contributed by atoms with van der Waals surface area (Å²) in [6, 6.07) is -1.34. The van der Waals surface area contributed by atoms with Gasteiger partial charge < -0.3 is 25.8 Å². The Hall–Kier alpha value is -0.950. The third-order valence-corrected chi connectivity index (χ3v) is 2.08. The van der Waals surface area contributed by atoms with E-state index in [-0.39, 0.29) is 5.71 Å². The normalized spacial score (nSPS) is 15.2. The van der Waals surface area contributed by atoms with E-state index < -0.39 is 32.2 Å². The molecule has 0 amide bonds. The van der Waals surface area contributed by atoms with Crippen LogP contribution in [0.15, 0.2) is 5.16 Å². The van der Waals surface area contributed by atoms with Crippen LogP contribution in [0.2, 0.25) is 0 Å². The third-order valence-electron chi connectivity index (χ3n) is 1.30.